The maximum atomic E-state index is 10.7. The van der Waals surface area contributed by atoms with Crippen molar-refractivity contribution in [1.82, 2.24) is 0 Å². The molecule has 2 atom stereocenters. The molecule has 4 heteroatoms. The molecule has 2 unspecified atom stereocenters. The van der Waals surface area contributed by atoms with E-state index in [2.05, 4.69) is 40.2 Å². The van der Waals surface area contributed by atoms with Crippen molar-refractivity contribution in [2.45, 2.75) is 17.7 Å². The number of non-ortho nitro benzene ring substituents is 1. The van der Waals surface area contributed by atoms with Gasteiger partial charge in [0.2, 0.25) is 0 Å². The summed E-state index contributed by atoms with van der Waals surface area (Å²) in [5.41, 5.74) is 4.08. The van der Waals surface area contributed by atoms with E-state index in [0.717, 1.165) is 18.4 Å². The molecule has 20 heavy (non-hydrogen) atoms. The Balaban J connectivity index is 1.75. The van der Waals surface area contributed by atoms with Crippen LogP contribution in [0.15, 0.2) is 48.5 Å². The molecule has 1 aliphatic rings. The summed E-state index contributed by atoms with van der Waals surface area (Å²) in [4.78, 5) is 10.7. The fraction of sp³-hybridized carbons (Fsp3) is 0.250. The third kappa shape index (κ3) is 2.48. The van der Waals surface area contributed by atoms with Crippen LogP contribution >= 0.6 is 15.9 Å². The van der Waals surface area contributed by atoms with E-state index in [1.54, 1.807) is 12.1 Å². The number of nitro groups is 1. The topological polar surface area (TPSA) is 43.1 Å². The normalized spacial score (nSPS) is 20.6. The molecular formula is C16H14BrNO2. The first-order chi connectivity index (χ1) is 9.65. The Morgan fingerprint density at radius 1 is 1.15 bits per heavy atom. The van der Waals surface area contributed by atoms with Crippen molar-refractivity contribution in [2.24, 2.45) is 5.92 Å². The van der Waals surface area contributed by atoms with Gasteiger partial charge < -0.3 is 0 Å². The van der Waals surface area contributed by atoms with Crippen LogP contribution in [0.3, 0.4) is 0 Å². The fourth-order valence-corrected chi connectivity index (χ4v) is 3.68. The first-order valence-electron chi connectivity index (χ1n) is 6.60. The quantitative estimate of drug-likeness (QED) is 0.474. The van der Waals surface area contributed by atoms with Crippen molar-refractivity contribution in [3.63, 3.8) is 0 Å². The summed E-state index contributed by atoms with van der Waals surface area (Å²) in [7, 11) is 0. The molecule has 0 N–H and O–H groups in total. The van der Waals surface area contributed by atoms with E-state index in [4.69, 9.17) is 0 Å². The lowest BCUT2D eigenvalue weighted by molar-refractivity contribution is -0.384. The lowest BCUT2D eigenvalue weighted by Crippen LogP contribution is -2.06. The molecule has 102 valence electrons. The molecule has 3 rings (SSSR count). The Morgan fingerprint density at radius 3 is 2.50 bits per heavy atom. The van der Waals surface area contributed by atoms with E-state index in [9.17, 15) is 10.1 Å². The molecule has 2 aromatic carbocycles. The molecule has 0 saturated carbocycles. The number of fused-ring (bicyclic) bond motifs is 1. The molecule has 0 fully saturated rings. The van der Waals surface area contributed by atoms with Crippen LogP contribution in [0.4, 0.5) is 5.69 Å². The minimum Gasteiger partial charge on any atom is -0.258 e. The number of hydrogen-bond acceptors (Lipinski definition) is 2. The van der Waals surface area contributed by atoms with Gasteiger partial charge >= 0.3 is 0 Å². The predicted octanol–water partition coefficient (Wildman–Crippen LogP) is 4.45. The fourth-order valence-electron chi connectivity index (χ4n) is 2.86. The van der Waals surface area contributed by atoms with Crippen LogP contribution in [0.2, 0.25) is 0 Å². The Hall–Kier alpha value is -1.68. The summed E-state index contributed by atoms with van der Waals surface area (Å²) in [5.74, 6) is 0.508. The molecule has 0 bridgehead atoms. The van der Waals surface area contributed by atoms with Crippen LogP contribution in [-0.2, 0) is 12.8 Å². The summed E-state index contributed by atoms with van der Waals surface area (Å²) in [6.45, 7) is 0. The van der Waals surface area contributed by atoms with Crippen LogP contribution in [-0.4, -0.2) is 4.92 Å². The average Bonchev–Trinajstić information content (AvgIpc) is 2.77. The van der Waals surface area contributed by atoms with Gasteiger partial charge in [0.1, 0.15) is 0 Å². The molecule has 0 saturated heterocycles. The van der Waals surface area contributed by atoms with Gasteiger partial charge in [-0.3, -0.25) is 10.1 Å². The minimum atomic E-state index is -0.359. The van der Waals surface area contributed by atoms with Crippen molar-refractivity contribution >= 4 is 21.6 Å². The Labute approximate surface area is 125 Å². The Kier molecular flexibility index (Phi) is 3.57. The van der Waals surface area contributed by atoms with Crippen molar-refractivity contribution in [1.29, 1.82) is 0 Å². The summed E-state index contributed by atoms with van der Waals surface area (Å²) >= 11 is 3.79. The van der Waals surface area contributed by atoms with Crippen LogP contribution < -0.4 is 0 Å². The van der Waals surface area contributed by atoms with Crippen LogP contribution in [0.1, 0.15) is 21.5 Å². The minimum absolute atomic E-state index is 0.152. The molecule has 0 heterocycles. The third-order valence-corrected chi connectivity index (χ3v) is 5.13. The maximum Gasteiger partial charge on any atom is 0.269 e. The molecule has 2 aromatic rings. The highest BCUT2D eigenvalue weighted by molar-refractivity contribution is 9.09. The van der Waals surface area contributed by atoms with E-state index in [1.807, 2.05) is 12.1 Å². The highest BCUT2D eigenvalue weighted by Gasteiger charge is 2.30. The van der Waals surface area contributed by atoms with Crippen LogP contribution in [0.25, 0.3) is 0 Å². The standard InChI is InChI=1S/C16H14BrNO2/c17-16-13(10-12-3-1-2-4-15(12)16)9-11-5-7-14(8-6-11)18(19)20/h1-8,13,16H,9-10H2. The van der Waals surface area contributed by atoms with Gasteiger partial charge in [-0.1, -0.05) is 52.3 Å². The second kappa shape index (κ2) is 5.37. The first-order valence-corrected chi connectivity index (χ1v) is 7.52. The second-order valence-electron chi connectivity index (χ2n) is 5.19. The van der Waals surface area contributed by atoms with Gasteiger partial charge in [-0.25, -0.2) is 0 Å². The first kappa shape index (κ1) is 13.3. The molecule has 3 nitrogen and oxygen atoms in total. The van der Waals surface area contributed by atoms with Gasteiger partial charge in [-0.05, 0) is 35.4 Å². The van der Waals surface area contributed by atoms with Gasteiger partial charge in [0, 0.05) is 17.0 Å². The van der Waals surface area contributed by atoms with Gasteiger partial charge in [0.05, 0.1) is 4.92 Å². The van der Waals surface area contributed by atoms with E-state index in [-0.39, 0.29) is 10.6 Å². The average molecular weight is 332 g/mol. The lowest BCUT2D eigenvalue weighted by atomic mass is 9.96. The molecule has 0 amide bonds. The van der Waals surface area contributed by atoms with Crippen LogP contribution in [0, 0.1) is 16.0 Å². The van der Waals surface area contributed by atoms with E-state index < -0.39 is 0 Å². The Bertz CT molecular complexity index is 639. The lowest BCUT2D eigenvalue weighted by Gasteiger charge is -2.14. The zero-order valence-electron chi connectivity index (χ0n) is 10.8. The molecule has 0 spiro atoms. The van der Waals surface area contributed by atoms with Crippen LogP contribution in [0.5, 0.6) is 0 Å². The monoisotopic (exact) mass is 331 g/mol. The van der Waals surface area contributed by atoms with Gasteiger partial charge in [0.15, 0.2) is 0 Å². The summed E-state index contributed by atoms with van der Waals surface area (Å²) in [5, 5.41) is 10.7. The summed E-state index contributed by atoms with van der Waals surface area (Å²) in [6, 6.07) is 15.4. The van der Waals surface area contributed by atoms with E-state index in [0.29, 0.717) is 10.7 Å². The number of nitro benzene ring substituents is 1. The smallest absolute Gasteiger partial charge is 0.258 e. The van der Waals surface area contributed by atoms with Crippen molar-refractivity contribution in [3.8, 4) is 0 Å². The number of rotatable bonds is 3. The Morgan fingerprint density at radius 2 is 1.85 bits per heavy atom. The molecule has 0 radical (unpaired) electrons. The van der Waals surface area contributed by atoms with Crippen molar-refractivity contribution in [3.05, 3.63) is 75.3 Å². The number of nitrogens with zero attached hydrogens (tertiary/aromatic N) is 1. The summed E-state index contributed by atoms with van der Waals surface area (Å²) < 4.78 is 0. The largest absolute Gasteiger partial charge is 0.269 e. The third-order valence-electron chi connectivity index (χ3n) is 3.89. The zero-order chi connectivity index (χ0) is 14.1. The van der Waals surface area contributed by atoms with Crippen molar-refractivity contribution < 1.29 is 4.92 Å². The van der Waals surface area contributed by atoms with Gasteiger partial charge in [0.25, 0.3) is 5.69 Å². The molecule has 0 aliphatic heterocycles. The number of hydrogen-bond donors (Lipinski definition) is 0. The molecule has 1 aliphatic carbocycles. The van der Waals surface area contributed by atoms with Gasteiger partial charge in [-0.2, -0.15) is 0 Å². The molecule has 0 aromatic heterocycles. The maximum absolute atomic E-state index is 10.7. The van der Waals surface area contributed by atoms with Crippen molar-refractivity contribution in [2.75, 3.05) is 0 Å². The second-order valence-corrected chi connectivity index (χ2v) is 6.18. The van der Waals surface area contributed by atoms with E-state index in [1.165, 1.54) is 11.1 Å². The highest BCUT2D eigenvalue weighted by atomic mass is 79.9. The predicted molar refractivity (Wildman–Crippen MR) is 82.1 cm³/mol. The van der Waals surface area contributed by atoms with Gasteiger partial charge in [-0.15, -0.1) is 0 Å². The molecular weight excluding hydrogens is 318 g/mol. The summed E-state index contributed by atoms with van der Waals surface area (Å²) in [6.07, 6.45) is 1.99. The highest BCUT2D eigenvalue weighted by Crippen LogP contribution is 2.43. The SMILES string of the molecule is O=[N+]([O-])c1ccc(CC2Cc3ccccc3C2Br)cc1. The number of alkyl halides is 1. The van der Waals surface area contributed by atoms with E-state index >= 15 is 0 Å². The zero-order valence-corrected chi connectivity index (χ0v) is 12.4. The number of benzene rings is 2. The number of halogens is 1.